The first-order valence-electron chi connectivity index (χ1n) is 10.9. The molecule has 1 heterocycles. The van der Waals surface area contributed by atoms with Gasteiger partial charge in [-0.05, 0) is 12.8 Å². The summed E-state index contributed by atoms with van der Waals surface area (Å²) >= 11 is 0. The topological polar surface area (TPSA) is 303 Å². The van der Waals surface area contributed by atoms with E-state index in [1.54, 1.807) is 0 Å². The Hall–Kier alpha value is -4.54. The van der Waals surface area contributed by atoms with E-state index in [0.29, 0.717) is 5.69 Å². The normalized spacial score (nSPS) is 13.9. The lowest BCUT2D eigenvalue weighted by Gasteiger charge is -2.25. The van der Waals surface area contributed by atoms with Crippen molar-refractivity contribution in [3.8, 4) is 0 Å². The van der Waals surface area contributed by atoms with Gasteiger partial charge in [0.25, 0.3) is 0 Å². The zero-order valence-electron chi connectivity index (χ0n) is 19.6. The van der Waals surface area contributed by atoms with Crippen molar-refractivity contribution in [3.63, 3.8) is 0 Å². The minimum atomic E-state index is -1.59. The van der Waals surface area contributed by atoms with Crippen LogP contribution in [0.2, 0.25) is 0 Å². The van der Waals surface area contributed by atoms with Crippen molar-refractivity contribution >= 4 is 41.5 Å². The Kier molecular flexibility index (Phi) is 12.2. The van der Waals surface area contributed by atoms with Gasteiger partial charge in [0.05, 0.1) is 18.8 Å². The van der Waals surface area contributed by atoms with Crippen molar-refractivity contribution < 1.29 is 43.8 Å². The Morgan fingerprint density at radius 3 is 1.92 bits per heavy atom. The van der Waals surface area contributed by atoms with Crippen LogP contribution in [0.25, 0.3) is 0 Å². The average molecular weight is 527 g/mol. The van der Waals surface area contributed by atoms with E-state index in [-0.39, 0.29) is 19.3 Å². The van der Waals surface area contributed by atoms with Crippen molar-refractivity contribution in [2.24, 2.45) is 17.2 Å². The maximum atomic E-state index is 13.1. The van der Waals surface area contributed by atoms with Crippen molar-refractivity contribution in [2.75, 3.05) is 0 Å². The number of primary amides is 2. The number of nitrogens with two attached hydrogens (primary N) is 3. The lowest BCUT2D eigenvalue weighted by atomic mass is 10.1. The van der Waals surface area contributed by atoms with E-state index in [1.807, 2.05) is 0 Å². The van der Waals surface area contributed by atoms with Gasteiger partial charge in [0.1, 0.15) is 18.1 Å². The molecular weight excluding hydrogens is 496 g/mol. The molecule has 0 saturated heterocycles. The van der Waals surface area contributed by atoms with Crippen LogP contribution in [-0.4, -0.2) is 85.8 Å². The molecule has 17 heteroatoms. The minimum Gasteiger partial charge on any atom is -0.481 e. The smallest absolute Gasteiger partial charge is 0.326 e. The summed E-state index contributed by atoms with van der Waals surface area (Å²) in [5.74, 6) is -7.30. The summed E-state index contributed by atoms with van der Waals surface area (Å²) in [7, 11) is 0. The van der Waals surface area contributed by atoms with E-state index >= 15 is 0 Å². The lowest BCUT2D eigenvalue weighted by Crippen LogP contribution is -2.58. The van der Waals surface area contributed by atoms with Crippen LogP contribution in [0.15, 0.2) is 12.5 Å². The molecule has 0 fully saturated rings. The molecule has 0 aliphatic carbocycles. The highest BCUT2D eigenvalue weighted by atomic mass is 16.4. The van der Waals surface area contributed by atoms with E-state index in [4.69, 9.17) is 22.3 Å². The van der Waals surface area contributed by atoms with Gasteiger partial charge < -0.3 is 48.3 Å². The molecule has 37 heavy (non-hydrogen) atoms. The Morgan fingerprint density at radius 2 is 1.41 bits per heavy atom. The van der Waals surface area contributed by atoms with Crippen LogP contribution in [0.4, 0.5) is 0 Å². The van der Waals surface area contributed by atoms with Crippen LogP contribution < -0.4 is 33.2 Å². The fourth-order valence-electron chi connectivity index (χ4n) is 3.04. The number of carboxylic acids is 2. The van der Waals surface area contributed by atoms with Gasteiger partial charge in [-0.15, -0.1) is 0 Å². The SMILES string of the molecule is NC(=O)CCC(NC(=O)C(Cc1cnc[nH]1)NC(=O)C(N)CC(N)=O)C(=O)NC(CCC(=O)O)C(=O)O. The number of amides is 5. The van der Waals surface area contributed by atoms with Crippen LogP contribution in [0.5, 0.6) is 0 Å². The van der Waals surface area contributed by atoms with Gasteiger partial charge in [0, 0.05) is 31.2 Å². The van der Waals surface area contributed by atoms with Crippen LogP contribution in [-0.2, 0) is 40.0 Å². The molecule has 4 unspecified atom stereocenters. The van der Waals surface area contributed by atoms with Gasteiger partial charge in [-0.1, -0.05) is 0 Å². The molecule has 4 atom stereocenters. The molecule has 0 radical (unpaired) electrons. The molecule has 0 aliphatic heterocycles. The summed E-state index contributed by atoms with van der Waals surface area (Å²) in [5.41, 5.74) is 16.2. The second-order valence-corrected chi connectivity index (χ2v) is 8.02. The molecule has 12 N–H and O–H groups in total. The number of hydrogen-bond donors (Lipinski definition) is 9. The summed E-state index contributed by atoms with van der Waals surface area (Å²) in [6.45, 7) is 0. The van der Waals surface area contributed by atoms with Gasteiger partial charge in [-0.25, -0.2) is 9.78 Å². The molecular formula is C20H30N8O9. The molecule has 0 bridgehead atoms. The number of carbonyl (C=O) groups excluding carboxylic acids is 5. The number of hydrogen-bond acceptors (Lipinski definition) is 9. The van der Waals surface area contributed by atoms with Crippen molar-refractivity contribution in [3.05, 3.63) is 18.2 Å². The molecule has 0 aromatic carbocycles. The molecule has 5 amide bonds. The summed E-state index contributed by atoms with van der Waals surface area (Å²) in [6, 6.07) is -5.79. The molecule has 0 spiro atoms. The number of imidazole rings is 1. The zero-order valence-corrected chi connectivity index (χ0v) is 19.6. The van der Waals surface area contributed by atoms with Crippen molar-refractivity contribution in [2.45, 2.75) is 62.7 Å². The Labute approximate surface area is 209 Å². The predicted molar refractivity (Wildman–Crippen MR) is 123 cm³/mol. The molecule has 0 aliphatic rings. The fourth-order valence-corrected chi connectivity index (χ4v) is 3.04. The maximum Gasteiger partial charge on any atom is 0.326 e. The molecule has 1 aromatic rings. The summed E-state index contributed by atoms with van der Waals surface area (Å²) < 4.78 is 0. The number of carbonyl (C=O) groups is 7. The van der Waals surface area contributed by atoms with Gasteiger partial charge in [-0.3, -0.25) is 28.8 Å². The molecule has 1 rings (SSSR count). The van der Waals surface area contributed by atoms with E-state index in [0.717, 1.165) is 0 Å². The fraction of sp³-hybridized carbons (Fsp3) is 0.500. The van der Waals surface area contributed by atoms with Crippen molar-refractivity contribution in [1.29, 1.82) is 0 Å². The van der Waals surface area contributed by atoms with E-state index in [9.17, 15) is 38.7 Å². The number of nitrogens with zero attached hydrogens (tertiary/aromatic N) is 1. The third-order valence-electron chi connectivity index (χ3n) is 4.94. The minimum absolute atomic E-state index is 0.151. The van der Waals surface area contributed by atoms with Crippen LogP contribution in [0.3, 0.4) is 0 Å². The van der Waals surface area contributed by atoms with Crippen LogP contribution >= 0.6 is 0 Å². The monoisotopic (exact) mass is 526 g/mol. The standard InChI is InChI=1S/C20H30N8O9/c21-10(6-15(23)30)17(33)28-13(5-9-7-24-8-25-9)19(35)26-11(1-3-14(22)29)18(34)27-12(20(36)37)2-4-16(31)32/h7-8,10-13H,1-6,21H2,(H2,22,29)(H2,23,30)(H,24,25)(H,26,35)(H,27,34)(H,28,33)(H,31,32)(H,36,37). The third-order valence-corrected chi connectivity index (χ3v) is 4.94. The highest BCUT2D eigenvalue weighted by molar-refractivity contribution is 5.95. The first kappa shape index (κ1) is 30.5. The molecule has 17 nitrogen and oxygen atoms in total. The number of aromatic amines is 1. The molecule has 0 saturated carbocycles. The Morgan fingerprint density at radius 1 is 0.838 bits per heavy atom. The predicted octanol–water partition coefficient (Wildman–Crippen LogP) is -4.18. The number of rotatable bonds is 17. The Balaban J connectivity index is 3.08. The first-order valence-corrected chi connectivity index (χ1v) is 10.9. The summed E-state index contributed by atoms with van der Waals surface area (Å²) in [5, 5.41) is 24.9. The number of nitrogens with one attached hydrogen (secondary N) is 4. The summed E-state index contributed by atoms with van der Waals surface area (Å²) in [6.07, 6.45) is 0.339. The molecule has 204 valence electrons. The lowest BCUT2D eigenvalue weighted by molar-refractivity contribution is -0.143. The van der Waals surface area contributed by atoms with Crippen LogP contribution in [0, 0.1) is 0 Å². The van der Waals surface area contributed by atoms with E-state index in [2.05, 4.69) is 25.9 Å². The highest BCUT2D eigenvalue weighted by Gasteiger charge is 2.31. The number of H-pyrrole nitrogens is 1. The second kappa shape index (κ2) is 14.8. The number of aliphatic carboxylic acids is 2. The molecule has 1 aromatic heterocycles. The second-order valence-electron chi connectivity index (χ2n) is 8.02. The number of carboxylic acid groups (broad SMARTS) is 2. The van der Waals surface area contributed by atoms with Crippen LogP contribution in [0.1, 0.15) is 37.8 Å². The van der Waals surface area contributed by atoms with E-state index < -0.39 is 84.9 Å². The average Bonchev–Trinajstić information content (AvgIpc) is 3.30. The third kappa shape index (κ3) is 11.6. The van der Waals surface area contributed by atoms with Gasteiger partial charge in [0.2, 0.25) is 29.5 Å². The van der Waals surface area contributed by atoms with Crippen molar-refractivity contribution in [1.82, 2.24) is 25.9 Å². The largest absolute Gasteiger partial charge is 0.481 e. The number of aromatic nitrogens is 2. The maximum absolute atomic E-state index is 13.1. The van der Waals surface area contributed by atoms with Gasteiger partial charge >= 0.3 is 11.9 Å². The highest BCUT2D eigenvalue weighted by Crippen LogP contribution is 2.06. The quantitative estimate of drug-likeness (QED) is 0.0937. The van der Waals surface area contributed by atoms with Gasteiger partial charge in [0.15, 0.2) is 0 Å². The summed E-state index contributed by atoms with van der Waals surface area (Å²) in [4.78, 5) is 89.3. The van der Waals surface area contributed by atoms with E-state index in [1.165, 1.54) is 12.5 Å². The van der Waals surface area contributed by atoms with Gasteiger partial charge in [-0.2, -0.15) is 0 Å². The zero-order chi connectivity index (χ0) is 28.1. The first-order chi connectivity index (χ1) is 17.3. The Bertz CT molecular complexity index is 998.